The van der Waals surface area contributed by atoms with Crippen molar-refractivity contribution in [2.75, 3.05) is 5.32 Å². The number of aryl methyl sites for hydroxylation is 1. The van der Waals surface area contributed by atoms with Gasteiger partial charge in [0.2, 0.25) is 0 Å². The highest BCUT2D eigenvalue weighted by atomic mass is 15.0. The Labute approximate surface area is 118 Å². The summed E-state index contributed by atoms with van der Waals surface area (Å²) in [6, 6.07) is 18.1. The van der Waals surface area contributed by atoms with Crippen molar-refractivity contribution >= 4 is 11.5 Å². The number of nitrogens with one attached hydrogen (secondary N) is 1. The molecule has 0 aliphatic heterocycles. The van der Waals surface area contributed by atoms with Gasteiger partial charge in [0.1, 0.15) is 5.82 Å². The predicted molar refractivity (Wildman–Crippen MR) is 81.9 cm³/mol. The first-order valence-electron chi connectivity index (χ1n) is 6.52. The molecule has 0 aliphatic carbocycles. The molecule has 0 radical (unpaired) electrons. The van der Waals surface area contributed by atoms with Gasteiger partial charge in [0.15, 0.2) is 0 Å². The lowest BCUT2D eigenvalue weighted by Gasteiger charge is -2.08. The number of aromatic nitrogens is 2. The van der Waals surface area contributed by atoms with Crippen LogP contribution in [0.15, 0.2) is 67.0 Å². The Morgan fingerprint density at radius 1 is 0.900 bits per heavy atom. The van der Waals surface area contributed by atoms with E-state index in [0.29, 0.717) is 0 Å². The number of rotatable bonds is 3. The maximum Gasteiger partial charge on any atom is 0.131 e. The number of pyridine rings is 2. The molecular weight excluding hydrogens is 246 g/mol. The third-order valence-electron chi connectivity index (χ3n) is 3.02. The summed E-state index contributed by atoms with van der Waals surface area (Å²) >= 11 is 0. The molecule has 0 fully saturated rings. The Morgan fingerprint density at radius 2 is 1.70 bits per heavy atom. The summed E-state index contributed by atoms with van der Waals surface area (Å²) in [6.45, 7) is 2.08. The Hall–Kier alpha value is -2.68. The van der Waals surface area contributed by atoms with Crippen molar-refractivity contribution in [2.45, 2.75) is 6.92 Å². The van der Waals surface area contributed by atoms with Crippen LogP contribution in [0.5, 0.6) is 0 Å². The molecule has 1 aromatic carbocycles. The van der Waals surface area contributed by atoms with Crippen LogP contribution in [0.1, 0.15) is 5.56 Å². The van der Waals surface area contributed by atoms with Gasteiger partial charge in [-0.15, -0.1) is 0 Å². The largest absolute Gasteiger partial charge is 0.340 e. The average Bonchev–Trinajstić information content (AvgIpc) is 2.48. The van der Waals surface area contributed by atoms with Gasteiger partial charge in [0, 0.05) is 23.6 Å². The molecule has 20 heavy (non-hydrogen) atoms. The molecule has 2 heterocycles. The van der Waals surface area contributed by atoms with Crippen LogP contribution in [0.3, 0.4) is 0 Å². The second-order valence-electron chi connectivity index (χ2n) is 4.64. The van der Waals surface area contributed by atoms with Crippen LogP contribution in [0.4, 0.5) is 11.5 Å². The number of hydrogen-bond acceptors (Lipinski definition) is 3. The van der Waals surface area contributed by atoms with E-state index >= 15 is 0 Å². The van der Waals surface area contributed by atoms with Gasteiger partial charge in [-0.1, -0.05) is 18.2 Å². The van der Waals surface area contributed by atoms with Crippen LogP contribution < -0.4 is 5.32 Å². The van der Waals surface area contributed by atoms with E-state index in [1.54, 1.807) is 12.4 Å². The summed E-state index contributed by atoms with van der Waals surface area (Å²) in [5.41, 5.74) is 4.27. The zero-order valence-electron chi connectivity index (χ0n) is 11.2. The van der Waals surface area contributed by atoms with E-state index in [2.05, 4.69) is 34.3 Å². The van der Waals surface area contributed by atoms with Crippen LogP contribution in [0.2, 0.25) is 0 Å². The van der Waals surface area contributed by atoms with Crippen molar-refractivity contribution in [1.82, 2.24) is 9.97 Å². The zero-order chi connectivity index (χ0) is 13.8. The van der Waals surface area contributed by atoms with Gasteiger partial charge in [-0.25, -0.2) is 4.98 Å². The van der Waals surface area contributed by atoms with Gasteiger partial charge in [-0.05, 0) is 48.9 Å². The minimum absolute atomic E-state index is 0.838. The lowest BCUT2D eigenvalue weighted by molar-refractivity contribution is 1.28. The molecule has 98 valence electrons. The summed E-state index contributed by atoms with van der Waals surface area (Å²) in [4.78, 5) is 8.66. The molecule has 3 heteroatoms. The van der Waals surface area contributed by atoms with Crippen molar-refractivity contribution in [1.29, 1.82) is 0 Å². The number of hydrogen-bond donors (Lipinski definition) is 1. The summed E-state index contributed by atoms with van der Waals surface area (Å²) < 4.78 is 0. The van der Waals surface area contributed by atoms with Gasteiger partial charge < -0.3 is 5.32 Å². The first-order chi connectivity index (χ1) is 9.81. The monoisotopic (exact) mass is 261 g/mol. The maximum absolute atomic E-state index is 4.63. The minimum atomic E-state index is 0.838. The van der Waals surface area contributed by atoms with Gasteiger partial charge in [0.05, 0.1) is 5.69 Å². The minimum Gasteiger partial charge on any atom is -0.340 e. The Bertz CT molecular complexity index is 708. The summed E-state index contributed by atoms with van der Waals surface area (Å²) in [7, 11) is 0. The molecule has 1 N–H and O–H groups in total. The highest BCUT2D eigenvalue weighted by Gasteiger charge is 2.01. The van der Waals surface area contributed by atoms with Crippen LogP contribution in [0.25, 0.3) is 11.3 Å². The fourth-order valence-electron chi connectivity index (χ4n) is 2.06. The average molecular weight is 261 g/mol. The lowest BCUT2D eigenvalue weighted by Crippen LogP contribution is -1.95. The summed E-state index contributed by atoms with van der Waals surface area (Å²) in [6.07, 6.45) is 3.55. The molecule has 0 aliphatic rings. The van der Waals surface area contributed by atoms with E-state index in [1.807, 2.05) is 42.5 Å². The first-order valence-corrected chi connectivity index (χ1v) is 6.52. The number of nitrogens with zero attached hydrogens (tertiary/aromatic N) is 2. The second-order valence-corrected chi connectivity index (χ2v) is 4.64. The Balaban J connectivity index is 1.88. The quantitative estimate of drug-likeness (QED) is 0.768. The molecule has 0 atom stereocenters. The topological polar surface area (TPSA) is 37.8 Å². The summed E-state index contributed by atoms with van der Waals surface area (Å²) in [5.74, 6) is 0.838. The maximum atomic E-state index is 4.63. The molecule has 2 aromatic heterocycles. The Morgan fingerprint density at radius 3 is 2.50 bits per heavy atom. The third kappa shape index (κ3) is 2.83. The molecule has 3 rings (SSSR count). The summed E-state index contributed by atoms with van der Waals surface area (Å²) in [5, 5.41) is 3.33. The lowest BCUT2D eigenvalue weighted by atomic mass is 10.2. The SMILES string of the molecule is Cc1cccc(Nc2cccc(-c3ccncc3)n2)c1. The van der Waals surface area contributed by atoms with E-state index in [4.69, 9.17) is 0 Å². The fraction of sp³-hybridized carbons (Fsp3) is 0.0588. The molecule has 0 amide bonds. The molecule has 0 bridgehead atoms. The van der Waals surface area contributed by atoms with Gasteiger partial charge >= 0.3 is 0 Å². The van der Waals surface area contributed by atoms with Crippen molar-refractivity contribution in [2.24, 2.45) is 0 Å². The molecule has 0 spiro atoms. The van der Waals surface area contributed by atoms with E-state index in [1.165, 1.54) is 5.56 Å². The van der Waals surface area contributed by atoms with Crippen molar-refractivity contribution in [3.8, 4) is 11.3 Å². The van der Waals surface area contributed by atoms with Crippen molar-refractivity contribution in [3.05, 3.63) is 72.6 Å². The predicted octanol–water partition coefficient (Wildman–Crippen LogP) is 4.20. The smallest absolute Gasteiger partial charge is 0.131 e. The van der Waals surface area contributed by atoms with E-state index in [9.17, 15) is 0 Å². The van der Waals surface area contributed by atoms with Crippen molar-refractivity contribution < 1.29 is 0 Å². The van der Waals surface area contributed by atoms with E-state index in [-0.39, 0.29) is 0 Å². The molecule has 3 nitrogen and oxygen atoms in total. The standard InChI is InChI=1S/C17H15N3/c1-13-4-2-5-15(12-13)19-17-7-3-6-16(20-17)14-8-10-18-11-9-14/h2-12H,1H3,(H,19,20). The van der Waals surface area contributed by atoms with E-state index in [0.717, 1.165) is 22.8 Å². The first kappa shape index (κ1) is 12.4. The van der Waals surface area contributed by atoms with Crippen LogP contribution in [-0.2, 0) is 0 Å². The molecule has 0 saturated heterocycles. The van der Waals surface area contributed by atoms with Gasteiger partial charge in [-0.3, -0.25) is 4.98 Å². The molecule has 3 aromatic rings. The third-order valence-corrected chi connectivity index (χ3v) is 3.02. The molecule has 0 unspecified atom stereocenters. The number of anilines is 2. The van der Waals surface area contributed by atoms with Crippen LogP contribution in [-0.4, -0.2) is 9.97 Å². The molecule has 0 saturated carbocycles. The Kier molecular flexibility index (Phi) is 3.42. The fourth-order valence-corrected chi connectivity index (χ4v) is 2.06. The van der Waals surface area contributed by atoms with E-state index < -0.39 is 0 Å². The normalized spacial score (nSPS) is 10.2. The van der Waals surface area contributed by atoms with Gasteiger partial charge in [-0.2, -0.15) is 0 Å². The van der Waals surface area contributed by atoms with Crippen LogP contribution >= 0.6 is 0 Å². The highest BCUT2D eigenvalue weighted by molar-refractivity contribution is 5.63. The zero-order valence-corrected chi connectivity index (χ0v) is 11.2. The number of benzene rings is 1. The van der Waals surface area contributed by atoms with Crippen LogP contribution in [0, 0.1) is 6.92 Å². The molecular formula is C17H15N3. The highest BCUT2D eigenvalue weighted by Crippen LogP contribution is 2.20. The van der Waals surface area contributed by atoms with Crippen molar-refractivity contribution in [3.63, 3.8) is 0 Å². The van der Waals surface area contributed by atoms with Gasteiger partial charge in [0.25, 0.3) is 0 Å². The second kappa shape index (κ2) is 5.53.